The molecule has 5 atom stereocenters. The van der Waals surface area contributed by atoms with E-state index in [-0.39, 0.29) is 63.6 Å². The fourth-order valence-electron chi connectivity index (χ4n) is 19.3. The van der Waals surface area contributed by atoms with E-state index in [0.29, 0.717) is 65.0 Å². The standard InChI is InChI=1S/C20H23N3O2.C19H21N3O3.3C19H21N3O2/c1-11-6-13(3)23-14(9-21-4)10-25-20-18-15(8-16(11)19(20)23)12(2)7-17(24)22(18)5;1-10-5-15(23)21(4)17-13(10)7-14-11(2)6-16(24)22-12(8-20-3)9-25-19(17)18(14)22;3*1-10-5-12(3)22-13(8-20)9-24-19-17-14(7-15(10)18(19)22)11(2)6-16(23)21(17)4/h6-8,14,21H,3,9-10H2,1-2,4-5H3;5-7,12,20H,8-9H2,1-4H3;3*5-7,13H,3,8-9,20H2,1-2,4H3/t14-;12-;13-;;/m000../s1. The van der Waals surface area contributed by atoms with Gasteiger partial charge >= 0.3 is 0 Å². The van der Waals surface area contributed by atoms with Gasteiger partial charge in [0, 0.05) is 182 Å². The van der Waals surface area contributed by atoms with Crippen LogP contribution in [0.3, 0.4) is 0 Å². The summed E-state index contributed by atoms with van der Waals surface area (Å²) in [7, 11) is 12.7. The SMILES string of the molecule is C=C1C=C(C)c2cc3c(C)cc(=O)n(C)c3c3c2N1C(CN)CO3.C=C1C=C(C)c2cc3c(C)cc(=O)n(C)c3c3c2N1C(CN)CO3.C=C1C=C(C)c2cc3c(C)cc(=O)n(C)c3c3c2N1[C@@H](CN)CO3.C=C1C=C(C)c2cc3c(C)cc(=O)n(C)c3c3c2N1[C@@H](CNC)CO3.CNC[C@H]1COc2c3c(cc4c(C)cc(=O)n1c24)c(C)cc(=O)n3C. The fraction of sp³-hybridized carbons (Fsp3) is 0.333. The molecule has 0 fully saturated rings. The molecule has 11 aromatic rings. The summed E-state index contributed by atoms with van der Waals surface area (Å²) in [4.78, 5) is 82.9. The lowest BCUT2D eigenvalue weighted by Crippen LogP contribution is -2.48. The Balaban J connectivity index is 0.000000113. The normalized spacial score (nSPS) is 18.5. The van der Waals surface area contributed by atoms with Crippen molar-refractivity contribution in [1.29, 1.82) is 0 Å². The molecule has 122 heavy (non-hydrogen) atoms. The molecule has 0 amide bonds. The number of likely N-dealkylation sites (N-methyl/N-ethyl adjacent to an activating group) is 2. The van der Waals surface area contributed by atoms with Crippen LogP contribution in [-0.4, -0.2) is 131 Å². The largest absolute Gasteiger partial charge is 0.487 e. The van der Waals surface area contributed by atoms with Crippen LogP contribution in [0.4, 0.5) is 22.7 Å². The Kier molecular flexibility index (Phi) is 21.3. The van der Waals surface area contributed by atoms with Gasteiger partial charge in [0.15, 0.2) is 28.7 Å². The maximum Gasteiger partial charge on any atom is 0.251 e. The second kappa shape index (κ2) is 31.4. The number of hydrogen-bond donors (Lipinski definition) is 5. The first-order valence-corrected chi connectivity index (χ1v) is 41.3. The maximum absolute atomic E-state index is 12.7. The third-order valence-corrected chi connectivity index (χ3v) is 25.6. The van der Waals surface area contributed by atoms with Crippen molar-refractivity contribution in [1.82, 2.24) is 38.0 Å². The van der Waals surface area contributed by atoms with Crippen molar-refractivity contribution < 1.29 is 23.7 Å². The van der Waals surface area contributed by atoms with Gasteiger partial charge in [-0.25, -0.2) is 0 Å². The molecule has 26 nitrogen and oxygen atoms in total. The fourth-order valence-corrected chi connectivity index (χ4v) is 19.3. The Morgan fingerprint density at radius 2 is 0.533 bits per heavy atom. The van der Waals surface area contributed by atoms with Crippen LogP contribution in [0.2, 0.25) is 0 Å². The zero-order chi connectivity index (χ0) is 87.3. The number of pyridine rings is 6. The molecule has 0 radical (unpaired) electrons. The van der Waals surface area contributed by atoms with Crippen molar-refractivity contribution in [2.24, 2.45) is 52.4 Å². The van der Waals surface area contributed by atoms with Crippen LogP contribution in [0, 0.1) is 41.5 Å². The van der Waals surface area contributed by atoms with E-state index in [4.69, 9.17) is 40.9 Å². The minimum Gasteiger partial charge on any atom is -0.487 e. The summed E-state index contributed by atoms with van der Waals surface area (Å²) in [5.41, 5.74) is 45.0. The first-order valence-electron chi connectivity index (χ1n) is 41.3. The van der Waals surface area contributed by atoms with E-state index in [0.717, 1.165) is 213 Å². The smallest absolute Gasteiger partial charge is 0.251 e. The zero-order valence-corrected chi connectivity index (χ0v) is 72.6. The molecule has 0 spiro atoms. The molecule has 0 bridgehead atoms. The van der Waals surface area contributed by atoms with Crippen LogP contribution in [0.5, 0.6) is 28.7 Å². The highest BCUT2D eigenvalue weighted by molar-refractivity contribution is 6.08. The molecule has 9 aliphatic heterocycles. The van der Waals surface area contributed by atoms with Gasteiger partial charge in [-0.1, -0.05) is 26.3 Å². The lowest BCUT2D eigenvalue weighted by molar-refractivity contribution is 0.233. The zero-order valence-electron chi connectivity index (χ0n) is 72.6. The molecule has 26 heteroatoms. The molecule has 15 heterocycles. The van der Waals surface area contributed by atoms with Gasteiger partial charge in [-0.05, 0) is 194 Å². The molecule has 9 aliphatic rings. The van der Waals surface area contributed by atoms with Crippen LogP contribution < -0.4 is 104 Å². The Labute approximate surface area is 706 Å². The third kappa shape index (κ3) is 13.1. The summed E-state index contributed by atoms with van der Waals surface area (Å²) in [6.45, 7) is 42.2. The second-order valence-electron chi connectivity index (χ2n) is 33.6. The van der Waals surface area contributed by atoms with Gasteiger partial charge in [0.1, 0.15) is 33.0 Å². The molecular formula is C96H107N15O11. The molecule has 0 aliphatic carbocycles. The lowest BCUT2D eigenvalue weighted by atomic mass is 9.92. The molecule has 8 N–H and O–H groups in total. The van der Waals surface area contributed by atoms with E-state index >= 15 is 0 Å². The van der Waals surface area contributed by atoms with E-state index in [2.05, 4.69) is 139 Å². The number of nitrogens with one attached hydrogen (secondary N) is 2. The van der Waals surface area contributed by atoms with Gasteiger partial charge in [0.2, 0.25) is 0 Å². The highest BCUT2D eigenvalue weighted by Gasteiger charge is 2.41. The summed E-state index contributed by atoms with van der Waals surface area (Å²) in [6, 6.07) is 21.0. The number of nitrogens with two attached hydrogens (primary N) is 3. The number of ether oxygens (including phenoxy) is 5. The Morgan fingerprint density at radius 3 is 0.811 bits per heavy atom. The van der Waals surface area contributed by atoms with Crippen molar-refractivity contribution >= 4 is 110 Å². The molecule has 632 valence electrons. The number of fused-ring (bicyclic) bond motifs is 10. The third-order valence-electron chi connectivity index (χ3n) is 25.6. The van der Waals surface area contributed by atoms with E-state index in [1.54, 1.807) is 94.5 Å². The van der Waals surface area contributed by atoms with Crippen LogP contribution >= 0.6 is 0 Å². The lowest BCUT2D eigenvalue weighted by Gasteiger charge is -2.43. The van der Waals surface area contributed by atoms with Crippen LogP contribution in [0.15, 0.2) is 169 Å². The van der Waals surface area contributed by atoms with Gasteiger partial charge < -0.3 is 94.0 Å². The molecule has 5 aromatic carbocycles. The minimum absolute atomic E-state index is 0.0180. The highest BCUT2D eigenvalue weighted by Crippen LogP contribution is 2.54. The Morgan fingerprint density at radius 1 is 0.311 bits per heavy atom. The van der Waals surface area contributed by atoms with Crippen molar-refractivity contribution in [2.45, 2.75) is 99.4 Å². The van der Waals surface area contributed by atoms with Crippen LogP contribution in [0.25, 0.3) is 87.7 Å². The van der Waals surface area contributed by atoms with Crippen molar-refractivity contribution in [3.05, 3.63) is 258 Å². The van der Waals surface area contributed by atoms with Crippen molar-refractivity contribution in [3.63, 3.8) is 0 Å². The number of aromatic nitrogens is 6. The topological polar surface area (TPSA) is 293 Å². The quantitative estimate of drug-likeness (QED) is 0.0927. The molecule has 20 rings (SSSR count). The monoisotopic (exact) mass is 1650 g/mol. The minimum atomic E-state index is -0.0805. The molecule has 0 saturated carbocycles. The van der Waals surface area contributed by atoms with Gasteiger partial charge in [-0.15, -0.1) is 0 Å². The van der Waals surface area contributed by atoms with E-state index in [1.165, 1.54) is 5.57 Å². The first-order chi connectivity index (χ1) is 58.2. The number of nitrogens with zero attached hydrogens (tertiary/aromatic N) is 10. The van der Waals surface area contributed by atoms with Crippen molar-refractivity contribution in [2.75, 3.05) is 99.5 Å². The van der Waals surface area contributed by atoms with Crippen molar-refractivity contribution in [3.8, 4) is 28.7 Å². The second-order valence-corrected chi connectivity index (χ2v) is 33.6. The van der Waals surface area contributed by atoms with Gasteiger partial charge in [-0.2, -0.15) is 0 Å². The predicted octanol–water partition coefficient (Wildman–Crippen LogP) is 11.1. The van der Waals surface area contributed by atoms with Gasteiger partial charge in [0.05, 0.1) is 86.1 Å². The van der Waals surface area contributed by atoms with E-state index in [1.807, 2.05) is 60.2 Å². The van der Waals surface area contributed by atoms with Crippen LogP contribution in [-0.2, 0) is 35.2 Å². The summed E-state index contributed by atoms with van der Waals surface area (Å²) in [6.07, 6.45) is 8.39. The molecule has 2 unspecified atom stereocenters. The molecule has 0 saturated heterocycles. The van der Waals surface area contributed by atoms with Crippen LogP contribution in [0.1, 0.15) is 89.4 Å². The summed E-state index contributed by atoms with van der Waals surface area (Å²) in [5, 5.41) is 12.5. The average Bonchev–Trinajstić information content (AvgIpc) is 0.737. The summed E-state index contributed by atoms with van der Waals surface area (Å²) < 4.78 is 40.8. The number of hydrogen-bond acceptors (Lipinski definition) is 20. The number of rotatable bonds is 7. The average molecular weight is 1650 g/mol. The maximum atomic E-state index is 12.7. The highest BCUT2D eigenvalue weighted by atomic mass is 16.5. The Bertz CT molecular complexity index is 6640. The number of anilines is 4. The van der Waals surface area contributed by atoms with Gasteiger partial charge in [0.25, 0.3) is 33.4 Å². The van der Waals surface area contributed by atoms with E-state index < -0.39 is 0 Å². The Hall–Kier alpha value is -12.7. The van der Waals surface area contributed by atoms with Gasteiger partial charge in [-0.3, -0.25) is 33.3 Å². The molecular weight excluding hydrogens is 1540 g/mol. The summed E-state index contributed by atoms with van der Waals surface area (Å²) in [5.74, 6) is 3.68. The number of benzene rings is 5. The van der Waals surface area contributed by atoms with E-state index in [9.17, 15) is 28.8 Å². The summed E-state index contributed by atoms with van der Waals surface area (Å²) >= 11 is 0. The number of aryl methyl sites for hydroxylation is 11. The predicted molar refractivity (Wildman–Crippen MR) is 494 cm³/mol. The molecule has 6 aromatic heterocycles. The number of allylic oxidation sites excluding steroid dienone is 8. The first kappa shape index (κ1) is 83.0.